The SMILES string of the molecule is CC/C=C\C/C=C\C/C=C\C/C=C\C/C=C\C/C=C\C/C=C\C/C=C\C/C=C\CCCCCCCCCCCCCCCC(=O)NC(COC1OC(CO)C(OC2OC(CO)C(O)C(O)C2O)C(O)C1O)C(O)CCCCCCCCCCCCCCCCCC. The van der Waals surface area contributed by atoms with Crippen LogP contribution in [0.1, 0.15) is 277 Å². The third-order valence-corrected chi connectivity index (χ3v) is 17.3. The van der Waals surface area contributed by atoms with Crippen LogP contribution in [0, 0.1) is 0 Å². The number of carbonyl (C=O) groups excluding carboxylic acids is 1. The Kier molecular flexibility index (Phi) is 55.5. The van der Waals surface area contributed by atoms with E-state index in [0.29, 0.717) is 12.8 Å². The number of allylic oxidation sites excluding steroid dienone is 18. The molecular formula is C77H133NO13. The van der Waals surface area contributed by atoms with Crippen LogP contribution in [0.15, 0.2) is 109 Å². The van der Waals surface area contributed by atoms with Gasteiger partial charge in [0.15, 0.2) is 12.6 Å². The molecule has 0 bridgehead atoms. The van der Waals surface area contributed by atoms with Gasteiger partial charge in [-0.05, 0) is 83.5 Å². The van der Waals surface area contributed by atoms with Crippen LogP contribution in [-0.4, -0.2) is 140 Å². The number of hydrogen-bond acceptors (Lipinski definition) is 13. The highest BCUT2D eigenvalue weighted by molar-refractivity contribution is 5.76. The van der Waals surface area contributed by atoms with E-state index >= 15 is 0 Å². The summed E-state index contributed by atoms with van der Waals surface area (Å²) in [5.74, 6) is -0.210. The Labute approximate surface area is 553 Å². The van der Waals surface area contributed by atoms with E-state index in [-0.39, 0.29) is 12.5 Å². The van der Waals surface area contributed by atoms with Crippen molar-refractivity contribution >= 4 is 5.91 Å². The molecule has 91 heavy (non-hydrogen) atoms. The lowest BCUT2D eigenvalue weighted by Crippen LogP contribution is -2.65. The Morgan fingerprint density at radius 1 is 0.407 bits per heavy atom. The first-order chi connectivity index (χ1) is 44.6. The zero-order chi connectivity index (χ0) is 65.9. The third kappa shape index (κ3) is 44.1. The van der Waals surface area contributed by atoms with E-state index in [2.05, 4.69) is 129 Å². The molecule has 2 aliphatic rings. The minimum absolute atomic E-state index is 0.210. The number of rotatable bonds is 59. The lowest BCUT2D eigenvalue weighted by atomic mass is 9.97. The molecule has 12 atom stereocenters. The first-order valence-corrected chi connectivity index (χ1v) is 36.6. The molecule has 2 fully saturated rings. The van der Waals surface area contributed by atoms with Crippen LogP contribution < -0.4 is 5.32 Å². The maximum atomic E-state index is 13.3. The Morgan fingerprint density at radius 2 is 0.758 bits per heavy atom. The molecule has 9 N–H and O–H groups in total. The second kappa shape index (κ2) is 60.3. The quantitative estimate of drug-likeness (QED) is 0.0204. The van der Waals surface area contributed by atoms with E-state index in [0.717, 1.165) is 116 Å². The standard InChI is InChI=1S/C77H133NO13/c1-3-5-7-9-11-13-15-17-19-21-22-23-24-25-26-27-28-29-30-31-32-33-34-35-36-37-38-39-40-41-42-43-44-45-47-49-51-53-55-57-59-61-69(82)78-65(66(81)60-58-56-54-52-50-48-46-20-18-16-14-12-10-8-6-4-2)64-88-76-74(87)72(85)75(68(63-80)90-76)91-77-73(86)71(84)70(83)67(62-79)89-77/h5,7,11,13,17,19,22-23,25-26,28-29,31-32,34-35,37-38,65-68,70-77,79-81,83-87H,3-4,6,8-10,12,14-16,18,20-21,24,27,30,33,36,39-64H2,1-2H3,(H,78,82)/b7-5-,13-11-,19-17-,23-22-,26-25-,29-28-,32-31-,35-34-,38-37-. The van der Waals surface area contributed by atoms with E-state index in [1.807, 2.05) is 0 Å². The summed E-state index contributed by atoms with van der Waals surface area (Å²) in [5.41, 5.74) is 0. The van der Waals surface area contributed by atoms with Crippen LogP contribution in [0.5, 0.6) is 0 Å². The number of unbranched alkanes of at least 4 members (excludes halogenated alkanes) is 28. The minimum Gasteiger partial charge on any atom is -0.394 e. The number of carbonyl (C=O) groups is 1. The molecule has 0 aliphatic carbocycles. The average Bonchev–Trinajstić information content (AvgIpc) is 1.24. The Hall–Kier alpha value is -3.35. The largest absolute Gasteiger partial charge is 0.394 e. The summed E-state index contributed by atoms with van der Waals surface area (Å²) in [5, 5.41) is 87.6. The monoisotopic (exact) mass is 1280 g/mol. The summed E-state index contributed by atoms with van der Waals surface area (Å²) in [4.78, 5) is 13.3. The molecule has 12 unspecified atom stereocenters. The zero-order valence-corrected chi connectivity index (χ0v) is 57.1. The van der Waals surface area contributed by atoms with Crippen molar-refractivity contribution in [2.75, 3.05) is 19.8 Å². The number of nitrogens with one attached hydrogen (secondary N) is 1. The number of amides is 1. The molecule has 2 heterocycles. The fraction of sp³-hybridized carbons (Fsp3) is 0.753. The van der Waals surface area contributed by atoms with Gasteiger partial charge in [-0.25, -0.2) is 0 Å². The molecule has 0 radical (unpaired) electrons. The first-order valence-electron chi connectivity index (χ1n) is 36.6. The second-order valence-electron chi connectivity index (χ2n) is 25.3. The van der Waals surface area contributed by atoms with Crippen molar-refractivity contribution in [1.29, 1.82) is 0 Å². The van der Waals surface area contributed by atoms with Gasteiger partial charge in [0.25, 0.3) is 0 Å². The van der Waals surface area contributed by atoms with Gasteiger partial charge in [0.2, 0.25) is 5.91 Å². The summed E-state index contributed by atoms with van der Waals surface area (Å²) in [6, 6.07) is -0.835. The van der Waals surface area contributed by atoms with Crippen molar-refractivity contribution in [2.24, 2.45) is 0 Å². The van der Waals surface area contributed by atoms with Crippen LogP contribution >= 0.6 is 0 Å². The van der Waals surface area contributed by atoms with Crippen molar-refractivity contribution in [1.82, 2.24) is 5.32 Å². The molecule has 0 spiro atoms. The summed E-state index contributed by atoms with van der Waals surface area (Å²) in [6.45, 7) is 2.76. The highest BCUT2D eigenvalue weighted by Gasteiger charge is 2.51. The van der Waals surface area contributed by atoms with E-state index in [1.165, 1.54) is 135 Å². The first kappa shape index (κ1) is 83.7. The maximum absolute atomic E-state index is 13.3. The van der Waals surface area contributed by atoms with Gasteiger partial charge >= 0.3 is 0 Å². The molecular weight excluding hydrogens is 1150 g/mol. The zero-order valence-electron chi connectivity index (χ0n) is 57.1. The number of aliphatic hydroxyl groups is 8. The van der Waals surface area contributed by atoms with Crippen molar-refractivity contribution in [3.8, 4) is 0 Å². The van der Waals surface area contributed by atoms with E-state index in [1.54, 1.807) is 0 Å². The molecule has 0 aromatic rings. The predicted molar refractivity (Wildman–Crippen MR) is 373 cm³/mol. The maximum Gasteiger partial charge on any atom is 0.220 e. The Morgan fingerprint density at radius 3 is 1.16 bits per heavy atom. The Bertz CT molecular complexity index is 1950. The second-order valence-corrected chi connectivity index (χ2v) is 25.3. The Balaban J connectivity index is 1.59. The minimum atomic E-state index is -1.79. The van der Waals surface area contributed by atoms with Gasteiger partial charge < -0.3 is 65.1 Å². The molecule has 1 amide bonds. The fourth-order valence-electron chi connectivity index (χ4n) is 11.5. The molecule has 2 aliphatic heterocycles. The van der Waals surface area contributed by atoms with Crippen LogP contribution in [0.2, 0.25) is 0 Å². The van der Waals surface area contributed by atoms with E-state index in [9.17, 15) is 45.6 Å². The smallest absolute Gasteiger partial charge is 0.220 e. The van der Waals surface area contributed by atoms with Crippen molar-refractivity contribution in [3.05, 3.63) is 109 Å². The van der Waals surface area contributed by atoms with Crippen LogP contribution in [0.4, 0.5) is 0 Å². The van der Waals surface area contributed by atoms with Crippen LogP contribution in [0.25, 0.3) is 0 Å². The third-order valence-electron chi connectivity index (χ3n) is 17.3. The van der Waals surface area contributed by atoms with Gasteiger partial charge in [-0.15, -0.1) is 0 Å². The topological polar surface area (TPSA) is 228 Å². The van der Waals surface area contributed by atoms with Crippen molar-refractivity contribution in [2.45, 2.75) is 351 Å². The molecule has 2 saturated heterocycles. The summed E-state index contributed by atoms with van der Waals surface area (Å²) < 4.78 is 22.9. The van der Waals surface area contributed by atoms with Crippen LogP contribution in [-0.2, 0) is 23.7 Å². The highest BCUT2D eigenvalue weighted by Crippen LogP contribution is 2.30. The molecule has 0 aromatic carbocycles. The van der Waals surface area contributed by atoms with Gasteiger partial charge in [-0.3, -0.25) is 4.79 Å². The molecule has 2 rings (SSSR count). The highest BCUT2D eigenvalue weighted by atomic mass is 16.7. The van der Waals surface area contributed by atoms with Gasteiger partial charge in [-0.1, -0.05) is 297 Å². The van der Waals surface area contributed by atoms with Gasteiger partial charge in [0, 0.05) is 6.42 Å². The van der Waals surface area contributed by atoms with Crippen molar-refractivity contribution < 1.29 is 64.6 Å². The molecule has 524 valence electrons. The molecule has 14 heteroatoms. The fourth-order valence-corrected chi connectivity index (χ4v) is 11.5. The normalized spacial score (nSPS) is 23.5. The summed E-state index contributed by atoms with van der Waals surface area (Å²) >= 11 is 0. The van der Waals surface area contributed by atoms with Crippen LogP contribution in [0.3, 0.4) is 0 Å². The molecule has 14 nitrogen and oxygen atoms in total. The van der Waals surface area contributed by atoms with Crippen molar-refractivity contribution in [3.63, 3.8) is 0 Å². The lowest BCUT2D eigenvalue weighted by Gasteiger charge is -2.46. The number of hydrogen-bond donors (Lipinski definition) is 9. The summed E-state index contributed by atoms with van der Waals surface area (Å²) in [7, 11) is 0. The summed E-state index contributed by atoms with van der Waals surface area (Å²) in [6.07, 6.45) is 69.6. The lowest BCUT2D eigenvalue weighted by molar-refractivity contribution is -0.359. The van der Waals surface area contributed by atoms with E-state index in [4.69, 9.17) is 18.9 Å². The van der Waals surface area contributed by atoms with Gasteiger partial charge in [-0.2, -0.15) is 0 Å². The predicted octanol–water partition coefficient (Wildman–Crippen LogP) is 15.5. The molecule has 0 saturated carbocycles. The van der Waals surface area contributed by atoms with E-state index < -0.39 is 86.8 Å². The average molecular weight is 1280 g/mol. The van der Waals surface area contributed by atoms with Gasteiger partial charge in [0.1, 0.15) is 48.8 Å². The van der Waals surface area contributed by atoms with Gasteiger partial charge in [0.05, 0.1) is 32.0 Å². The molecule has 0 aromatic heterocycles. The number of ether oxygens (including phenoxy) is 4. The number of aliphatic hydroxyl groups excluding tert-OH is 8.